The Bertz CT molecular complexity index is 481. The molecule has 1 aromatic rings. The molecule has 0 bridgehead atoms. The van der Waals surface area contributed by atoms with Gasteiger partial charge in [0.1, 0.15) is 0 Å². The van der Waals surface area contributed by atoms with Crippen LogP contribution in [0.25, 0.3) is 0 Å². The lowest BCUT2D eigenvalue weighted by Crippen LogP contribution is -2.35. The average Bonchev–Trinajstić information content (AvgIpc) is 2.82. The van der Waals surface area contributed by atoms with Gasteiger partial charge in [-0.2, -0.15) is 0 Å². The van der Waals surface area contributed by atoms with E-state index in [1.807, 2.05) is 0 Å². The van der Waals surface area contributed by atoms with Gasteiger partial charge in [0.15, 0.2) is 5.75 Å². The van der Waals surface area contributed by atoms with Gasteiger partial charge in [0.05, 0.1) is 23.9 Å². The largest absolute Gasteiger partial charge is 0.493 e. The van der Waals surface area contributed by atoms with Crippen molar-refractivity contribution in [2.24, 2.45) is 5.92 Å². The van der Waals surface area contributed by atoms with Crippen LogP contribution in [0.15, 0.2) is 18.2 Å². The van der Waals surface area contributed by atoms with Crippen molar-refractivity contribution in [3.63, 3.8) is 0 Å². The molecule has 5 nitrogen and oxygen atoms in total. The van der Waals surface area contributed by atoms with E-state index in [9.17, 15) is 9.90 Å². The van der Waals surface area contributed by atoms with E-state index in [1.54, 1.807) is 18.2 Å². The number of anilines is 1. The number of rotatable bonds is 4. The maximum Gasteiger partial charge on any atom is 0.319 e. The number of aliphatic hydroxyl groups excluding tert-OH is 1. The summed E-state index contributed by atoms with van der Waals surface area (Å²) in [5.74, 6) is 0.576. The van der Waals surface area contributed by atoms with Gasteiger partial charge >= 0.3 is 6.03 Å². The number of hydrogen-bond acceptors (Lipinski definition) is 3. The van der Waals surface area contributed by atoms with E-state index in [0.717, 1.165) is 19.3 Å². The summed E-state index contributed by atoms with van der Waals surface area (Å²) in [4.78, 5) is 11.9. The van der Waals surface area contributed by atoms with Crippen LogP contribution < -0.4 is 15.4 Å². The van der Waals surface area contributed by atoms with Crippen LogP contribution in [0.1, 0.15) is 19.3 Å². The van der Waals surface area contributed by atoms with E-state index >= 15 is 0 Å². The van der Waals surface area contributed by atoms with Crippen molar-refractivity contribution < 1.29 is 14.6 Å². The summed E-state index contributed by atoms with van der Waals surface area (Å²) in [6.45, 7) is 0.468. The van der Waals surface area contributed by atoms with Crippen molar-refractivity contribution in [2.45, 2.75) is 25.4 Å². The third kappa shape index (κ3) is 3.55. The summed E-state index contributed by atoms with van der Waals surface area (Å²) in [5, 5.41) is 15.6. The molecule has 2 atom stereocenters. The summed E-state index contributed by atoms with van der Waals surface area (Å²) in [6.07, 6.45) is 2.46. The zero-order chi connectivity index (χ0) is 14.5. The first-order valence-electron chi connectivity index (χ1n) is 6.67. The third-order valence-corrected chi connectivity index (χ3v) is 3.86. The molecule has 1 aliphatic carbocycles. The standard InChI is InChI=1S/C14H19ClN2O3/c1-20-13-10(15)5-3-6-11(13)17-14(19)16-8-9-4-2-7-12(9)18/h3,5-6,9,12,18H,2,4,7-8H2,1H3,(H2,16,17,19)/t9-,12+/m1/s1. The van der Waals surface area contributed by atoms with Crippen LogP contribution in [-0.2, 0) is 0 Å². The number of benzene rings is 1. The summed E-state index contributed by atoms with van der Waals surface area (Å²) in [5.41, 5.74) is 0.518. The maximum atomic E-state index is 11.9. The molecule has 0 aromatic heterocycles. The van der Waals surface area contributed by atoms with Gasteiger partial charge in [-0.15, -0.1) is 0 Å². The number of nitrogens with one attached hydrogen (secondary N) is 2. The third-order valence-electron chi connectivity index (χ3n) is 3.56. The van der Waals surface area contributed by atoms with Crippen LogP contribution in [-0.4, -0.2) is 30.9 Å². The van der Waals surface area contributed by atoms with Crippen LogP contribution >= 0.6 is 11.6 Å². The van der Waals surface area contributed by atoms with Crippen molar-refractivity contribution in [1.82, 2.24) is 5.32 Å². The number of ether oxygens (including phenoxy) is 1. The minimum atomic E-state index is -0.329. The molecular formula is C14H19ClN2O3. The molecule has 0 heterocycles. The fourth-order valence-electron chi connectivity index (χ4n) is 2.46. The SMILES string of the molecule is COc1c(Cl)cccc1NC(=O)NC[C@H]1CCC[C@@H]1O. The Labute approximate surface area is 123 Å². The minimum Gasteiger partial charge on any atom is -0.493 e. The van der Waals surface area contributed by atoms with Gasteiger partial charge in [0.2, 0.25) is 0 Å². The van der Waals surface area contributed by atoms with E-state index in [1.165, 1.54) is 7.11 Å². The minimum absolute atomic E-state index is 0.141. The van der Waals surface area contributed by atoms with Crippen LogP contribution in [0.2, 0.25) is 5.02 Å². The molecule has 1 aromatic carbocycles. The molecule has 3 N–H and O–H groups in total. The predicted molar refractivity (Wildman–Crippen MR) is 78.4 cm³/mol. The highest BCUT2D eigenvalue weighted by Crippen LogP contribution is 2.32. The monoisotopic (exact) mass is 298 g/mol. The lowest BCUT2D eigenvalue weighted by atomic mass is 10.1. The Hall–Kier alpha value is -1.46. The van der Waals surface area contributed by atoms with Gasteiger partial charge < -0.3 is 20.5 Å². The number of methoxy groups -OCH3 is 1. The summed E-state index contributed by atoms with van der Waals surface area (Å²) < 4.78 is 5.16. The van der Waals surface area contributed by atoms with Crippen molar-refractivity contribution in [1.29, 1.82) is 0 Å². The van der Waals surface area contributed by atoms with Gasteiger partial charge in [-0.1, -0.05) is 24.1 Å². The van der Waals surface area contributed by atoms with Crippen molar-refractivity contribution >= 4 is 23.3 Å². The van der Waals surface area contributed by atoms with Crippen molar-refractivity contribution in [3.8, 4) is 5.75 Å². The van der Waals surface area contributed by atoms with Gasteiger partial charge in [0.25, 0.3) is 0 Å². The summed E-state index contributed by atoms with van der Waals surface area (Å²) in [7, 11) is 1.50. The Morgan fingerprint density at radius 2 is 2.30 bits per heavy atom. The van der Waals surface area contributed by atoms with Gasteiger partial charge in [-0.25, -0.2) is 4.79 Å². The fraction of sp³-hybridized carbons (Fsp3) is 0.500. The lowest BCUT2D eigenvalue weighted by Gasteiger charge is -2.16. The molecule has 1 aliphatic rings. The second-order valence-corrected chi connectivity index (χ2v) is 5.32. The number of hydrogen-bond donors (Lipinski definition) is 3. The second kappa shape index (κ2) is 6.81. The van der Waals surface area contributed by atoms with Crippen molar-refractivity contribution in [2.75, 3.05) is 19.0 Å². The molecule has 0 saturated heterocycles. The molecular weight excluding hydrogens is 280 g/mol. The van der Waals surface area contributed by atoms with Crippen LogP contribution in [0.3, 0.4) is 0 Å². The topological polar surface area (TPSA) is 70.6 Å². The molecule has 2 rings (SSSR count). The Morgan fingerprint density at radius 3 is 2.95 bits per heavy atom. The number of aliphatic hydroxyl groups is 1. The van der Waals surface area contributed by atoms with Crippen LogP contribution in [0, 0.1) is 5.92 Å². The van der Waals surface area contributed by atoms with Crippen LogP contribution in [0.5, 0.6) is 5.75 Å². The number of amides is 2. The van der Waals surface area contributed by atoms with E-state index < -0.39 is 0 Å². The molecule has 110 valence electrons. The molecule has 0 spiro atoms. The number of halogens is 1. The predicted octanol–water partition coefficient (Wildman–Crippen LogP) is 2.63. The molecule has 0 aliphatic heterocycles. The number of carbonyl (C=O) groups excluding carboxylic acids is 1. The first-order chi connectivity index (χ1) is 9.61. The summed E-state index contributed by atoms with van der Waals surface area (Å²) >= 11 is 5.98. The van der Waals surface area contributed by atoms with Gasteiger partial charge in [-0.3, -0.25) is 0 Å². The Morgan fingerprint density at radius 1 is 1.50 bits per heavy atom. The molecule has 6 heteroatoms. The second-order valence-electron chi connectivity index (χ2n) is 4.91. The van der Waals surface area contributed by atoms with Crippen LogP contribution in [0.4, 0.5) is 10.5 Å². The highest BCUT2D eigenvalue weighted by atomic mass is 35.5. The Balaban J connectivity index is 1.90. The maximum absolute atomic E-state index is 11.9. The van der Waals surface area contributed by atoms with Gasteiger partial charge in [0, 0.05) is 12.5 Å². The molecule has 0 radical (unpaired) electrons. The number of carbonyl (C=O) groups is 1. The molecule has 20 heavy (non-hydrogen) atoms. The Kier molecular flexibility index (Phi) is 5.09. The molecule has 1 saturated carbocycles. The first kappa shape index (κ1) is 14.9. The fourth-order valence-corrected chi connectivity index (χ4v) is 2.71. The zero-order valence-electron chi connectivity index (χ0n) is 11.4. The quantitative estimate of drug-likeness (QED) is 0.800. The highest BCUT2D eigenvalue weighted by Gasteiger charge is 2.25. The summed E-state index contributed by atoms with van der Waals surface area (Å²) in [6, 6.07) is 4.82. The van der Waals surface area contributed by atoms with E-state index in [4.69, 9.17) is 16.3 Å². The van der Waals surface area contributed by atoms with Gasteiger partial charge in [-0.05, 0) is 25.0 Å². The van der Waals surface area contributed by atoms with E-state index in [-0.39, 0.29) is 18.1 Å². The first-order valence-corrected chi connectivity index (χ1v) is 7.05. The molecule has 1 fully saturated rings. The lowest BCUT2D eigenvalue weighted by molar-refractivity contribution is 0.133. The average molecular weight is 299 g/mol. The highest BCUT2D eigenvalue weighted by molar-refractivity contribution is 6.32. The number of urea groups is 1. The number of para-hydroxylation sites is 1. The molecule has 2 amide bonds. The smallest absolute Gasteiger partial charge is 0.319 e. The zero-order valence-corrected chi connectivity index (χ0v) is 12.1. The van der Waals surface area contributed by atoms with Crippen molar-refractivity contribution in [3.05, 3.63) is 23.2 Å². The molecule has 0 unspecified atom stereocenters. The normalized spacial score (nSPS) is 21.6. The van der Waals surface area contributed by atoms with E-state index in [2.05, 4.69) is 10.6 Å². The van der Waals surface area contributed by atoms with E-state index in [0.29, 0.717) is 23.0 Å².